The molecular formula is C16H20FNOS. The lowest BCUT2D eigenvalue weighted by atomic mass is 10.1. The lowest BCUT2D eigenvalue weighted by Gasteiger charge is -2.12. The summed E-state index contributed by atoms with van der Waals surface area (Å²) in [5.41, 5.74) is 1.03. The van der Waals surface area contributed by atoms with Gasteiger partial charge in [0, 0.05) is 27.1 Å². The van der Waals surface area contributed by atoms with Crippen molar-refractivity contribution in [1.29, 1.82) is 0 Å². The summed E-state index contributed by atoms with van der Waals surface area (Å²) in [4.78, 5) is 1.19. The summed E-state index contributed by atoms with van der Waals surface area (Å²) in [6.45, 7) is 1.30. The fourth-order valence-electron chi connectivity index (χ4n) is 2.93. The second-order valence-corrected chi connectivity index (χ2v) is 6.50. The summed E-state index contributed by atoms with van der Waals surface area (Å²) in [7, 11) is 1.92. The molecule has 0 radical (unpaired) electrons. The number of rotatable bonds is 5. The van der Waals surface area contributed by atoms with Gasteiger partial charge in [-0.3, -0.25) is 0 Å². The van der Waals surface area contributed by atoms with E-state index in [1.54, 1.807) is 17.4 Å². The van der Waals surface area contributed by atoms with Gasteiger partial charge >= 0.3 is 0 Å². The standard InChI is InChI=1S/C16H20FNOS/c1-18-9-15-12(10-19-11-5-2-3-6-11)16-13(17)7-4-8-14(16)20-15/h4,7-8,11,18H,2-3,5-6,9-10H2,1H3. The molecule has 2 aromatic rings. The van der Waals surface area contributed by atoms with E-state index >= 15 is 0 Å². The Morgan fingerprint density at radius 1 is 1.35 bits per heavy atom. The predicted molar refractivity (Wildman–Crippen MR) is 81.6 cm³/mol. The van der Waals surface area contributed by atoms with Crippen molar-refractivity contribution in [3.8, 4) is 0 Å². The van der Waals surface area contributed by atoms with Crippen molar-refractivity contribution in [1.82, 2.24) is 5.32 Å². The molecule has 1 aliphatic rings. The number of ether oxygens (including phenoxy) is 1. The molecule has 20 heavy (non-hydrogen) atoms. The van der Waals surface area contributed by atoms with Crippen LogP contribution in [0.3, 0.4) is 0 Å². The zero-order valence-corrected chi connectivity index (χ0v) is 12.6. The Morgan fingerprint density at radius 3 is 2.90 bits per heavy atom. The first-order valence-electron chi connectivity index (χ1n) is 7.24. The van der Waals surface area contributed by atoms with Gasteiger partial charge in [0.25, 0.3) is 0 Å². The maximum absolute atomic E-state index is 14.1. The number of nitrogens with one attached hydrogen (secondary N) is 1. The summed E-state index contributed by atoms with van der Waals surface area (Å²) in [5, 5.41) is 3.92. The Hall–Kier alpha value is -0.970. The zero-order valence-electron chi connectivity index (χ0n) is 11.7. The molecule has 3 rings (SSSR count). The molecule has 1 N–H and O–H groups in total. The van der Waals surface area contributed by atoms with E-state index in [9.17, 15) is 4.39 Å². The zero-order chi connectivity index (χ0) is 13.9. The summed E-state index contributed by atoms with van der Waals surface area (Å²) < 4.78 is 21.2. The molecule has 1 fully saturated rings. The van der Waals surface area contributed by atoms with E-state index in [2.05, 4.69) is 5.32 Å². The topological polar surface area (TPSA) is 21.3 Å². The predicted octanol–water partition coefficient (Wildman–Crippen LogP) is 4.22. The van der Waals surface area contributed by atoms with Crippen LogP contribution in [0.4, 0.5) is 4.39 Å². The van der Waals surface area contributed by atoms with Crippen LogP contribution < -0.4 is 5.32 Å². The summed E-state index contributed by atoms with van der Waals surface area (Å²) in [5.74, 6) is -0.133. The lowest BCUT2D eigenvalue weighted by Crippen LogP contribution is -2.10. The van der Waals surface area contributed by atoms with Crippen molar-refractivity contribution < 1.29 is 9.13 Å². The van der Waals surface area contributed by atoms with Gasteiger partial charge in [0.15, 0.2) is 0 Å². The third-order valence-corrected chi connectivity index (χ3v) is 5.15. The molecule has 0 amide bonds. The van der Waals surface area contributed by atoms with Crippen LogP contribution in [0.1, 0.15) is 36.1 Å². The Labute approximate surface area is 122 Å². The SMILES string of the molecule is CNCc1sc2cccc(F)c2c1COC1CCCC1. The van der Waals surface area contributed by atoms with E-state index in [4.69, 9.17) is 4.74 Å². The molecule has 1 heterocycles. The molecule has 0 aliphatic heterocycles. The summed E-state index contributed by atoms with van der Waals surface area (Å²) in [6, 6.07) is 5.30. The smallest absolute Gasteiger partial charge is 0.132 e. The molecule has 1 aromatic carbocycles. The third-order valence-electron chi connectivity index (χ3n) is 3.95. The highest BCUT2D eigenvalue weighted by Gasteiger charge is 2.19. The lowest BCUT2D eigenvalue weighted by molar-refractivity contribution is 0.0460. The number of thiophene rings is 1. The molecule has 0 bridgehead atoms. The maximum Gasteiger partial charge on any atom is 0.132 e. The normalized spacial score (nSPS) is 16.3. The molecule has 0 saturated heterocycles. The van der Waals surface area contributed by atoms with Crippen molar-refractivity contribution >= 4 is 21.4 Å². The highest BCUT2D eigenvalue weighted by atomic mass is 32.1. The van der Waals surface area contributed by atoms with Gasteiger partial charge in [0.05, 0.1) is 12.7 Å². The van der Waals surface area contributed by atoms with Crippen LogP contribution in [-0.2, 0) is 17.9 Å². The second kappa shape index (κ2) is 6.20. The van der Waals surface area contributed by atoms with Gasteiger partial charge in [0.1, 0.15) is 5.82 Å². The molecule has 1 saturated carbocycles. The van der Waals surface area contributed by atoms with Crippen LogP contribution in [-0.4, -0.2) is 13.2 Å². The Bertz CT molecular complexity index is 589. The maximum atomic E-state index is 14.1. The Morgan fingerprint density at radius 2 is 2.15 bits per heavy atom. The molecule has 4 heteroatoms. The molecule has 2 nitrogen and oxygen atoms in total. The molecule has 1 aliphatic carbocycles. The average Bonchev–Trinajstić information content (AvgIpc) is 3.05. The van der Waals surface area contributed by atoms with Gasteiger partial charge in [-0.15, -0.1) is 11.3 Å². The highest BCUT2D eigenvalue weighted by Crippen LogP contribution is 2.34. The van der Waals surface area contributed by atoms with Gasteiger partial charge in [-0.2, -0.15) is 0 Å². The van der Waals surface area contributed by atoms with Crippen LogP contribution >= 0.6 is 11.3 Å². The second-order valence-electron chi connectivity index (χ2n) is 5.36. The minimum absolute atomic E-state index is 0.133. The van der Waals surface area contributed by atoms with Crippen LogP contribution in [0.25, 0.3) is 10.1 Å². The largest absolute Gasteiger partial charge is 0.373 e. The van der Waals surface area contributed by atoms with E-state index in [0.717, 1.165) is 35.0 Å². The summed E-state index contributed by atoms with van der Waals surface area (Å²) >= 11 is 1.66. The van der Waals surface area contributed by atoms with E-state index in [-0.39, 0.29) is 5.82 Å². The fraction of sp³-hybridized carbons (Fsp3) is 0.500. The van der Waals surface area contributed by atoms with Gasteiger partial charge in [0.2, 0.25) is 0 Å². The minimum atomic E-state index is -0.133. The monoisotopic (exact) mass is 293 g/mol. The van der Waals surface area contributed by atoms with E-state index < -0.39 is 0 Å². The van der Waals surface area contributed by atoms with Gasteiger partial charge in [-0.05, 0) is 32.0 Å². The fourth-order valence-corrected chi connectivity index (χ4v) is 4.16. The number of halogens is 1. The quantitative estimate of drug-likeness (QED) is 0.891. The first kappa shape index (κ1) is 14.0. The van der Waals surface area contributed by atoms with Crippen molar-refractivity contribution in [2.24, 2.45) is 0 Å². The van der Waals surface area contributed by atoms with Crippen molar-refractivity contribution in [3.63, 3.8) is 0 Å². The van der Waals surface area contributed by atoms with Crippen LogP contribution in [0.2, 0.25) is 0 Å². The Balaban J connectivity index is 1.90. The molecule has 0 spiro atoms. The van der Waals surface area contributed by atoms with Gasteiger partial charge in [-0.1, -0.05) is 18.9 Å². The van der Waals surface area contributed by atoms with Crippen molar-refractivity contribution in [3.05, 3.63) is 34.5 Å². The molecule has 0 atom stereocenters. The van der Waals surface area contributed by atoms with E-state index in [1.807, 2.05) is 13.1 Å². The average molecular weight is 293 g/mol. The molecular weight excluding hydrogens is 273 g/mol. The number of fused-ring (bicyclic) bond motifs is 1. The van der Waals surface area contributed by atoms with Crippen LogP contribution in [0.5, 0.6) is 0 Å². The van der Waals surface area contributed by atoms with E-state index in [0.29, 0.717) is 12.7 Å². The molecule has 0 unspecified atom stereocenters. The third kappa shape index (κ3) is 2.73. The molecule has 108 valence electrons. The van der Waals surface area contributed by atoms with Crippen molar-refractivity contribution in [2.45, 2.75) is 44.9 Å². The Kier molecular flexibility index (Phi) is 4.34. The minimum Gasteiger partial charge on any atom is -0.373 e. The highest BCUT2D eigenvalue weighted by molar-refractivity contribution is 7.19. The number of hydrogen-bond donors (Lipinski definition) is 1. The first-order valence-corrected chi connectivity index (χ1v) is 8.06. The van der Waals surface area contributed by atoms with Crippen molar-refractivity contribution in [2.75, 3.05) is 7.05 Å². The summed E-state index contributed by atoms with van der Waals surface area (Å²) in [6.07, 6.45) is 5.16. The number of hydrogen-bond acceptors (Lipinski definition) is 3. The first-order chi connectivity index (χ1) is 9.79. The molecule has 1 aromatic heterocycles. The number of benzene rings is 1. The van der Waals surface area contributed by atoms with Crippen LogP contribution in [0.15, 0.2) is 18.2 Å². The van der Waals surface area contributed by atoms with Gasteiger partial charge < -0.3 is 10.1 Å². The van der Waals surface area contributed by atoms with Crippen LogP contribution in [0, 0.1) is 5.82 Å². The van der Waals surface area contributed by atoms with Gasteiger partial charge in [-0.25, -0.2) is 4.39 Å². The van der Waals surface area contributed by atoms with E-state index in [1.165, 1.54) is 23.8 Å².